The topological polar surface area (TPSA) is 78.0 Å². The first-order valence-electron chi connectivity index (χ1n) is 7.52. The fourth-order valence-corrected chi connectivity index (χ4v) is 3.26. The maximum atomic E-state index is 13.6. The van der Waals surface area contributed by atoms with Crippen molar-refractivity contribution in [1.82, 2.24) is 9.78 Å². The third-order valence-corrected chi connectivity index (χ3v) is 4.83. The number of hydrogen-bond acceptors (Lipinski definition) is 3. The Hall–Kier alpha value is -2.72. The van der Waals surface area contributed by atoms with E-state index in [-0.39, 0.29) is 27.3 Å². The quantitative estimate of drug-likeness (QED) is 0.684. The fourth-order valence-electron chi connectivity index (χ4n) is 2.74. The minimum atomic E-state index is -4.70. The van der Waals surface area contributed by atoms with Gasteiger partial charge in [-0.3, -0.25) is 4.68 Å². The highest BCUT2D eigenvalue weighted by molar-refractivity contribution is 7.89. The highest BCUT2D eigenvalue weighted by Gasteiger charge is 2.39. The molecule has 0 amide bonds. The molecule has 0 unspecified atom stereocenters. The lowest BCUT2D eigenvalue weighted by Crippen LogP contribution is -2.13. The molecule has 0 aliphatic heterocycles. The van der Waals surface area contributed by atoms with E-state index in [0.717, 1.165) is 19.2 Å². The minimum absolute atomic E-state index is 0.0163. The van der Waals surface area contributed by atoms with Crippen LogP contribution in [0.15, 0.2) is 53.4 Å². The molecule has 0 fully saturated rings. The summed E-state index contributed by atoms with van der Waals surface area (Å²) in [6.07, 6.45) is -4.70. The van der Waals surface area contributed by atoms with Crippen LogP contribution in [0, 0.1) is 5.82 Å². The highest BCUT2D eigenvalue weighted by atomic mass is 32.2. The Balaban J connectivity index is 2.26. The van der Waals surface area contributed by atoms with E-state index < -0.39 is 27.7 Å². The van der Waals surface area contributed by atoms with E-state index in [2.05, 4.69) is 5.10 Å². The number of sulfonamides is 1. The van der Waals surface area contributed by atoms with E-state index >= 15 is 0 Å². The van der Waals surface area contributed by atoms with E-state index in [4.69, 9.17) is 5.14 Å². The number of hydrogen-bond donors (Lipinski definition) is 1. The predicted molar refractivity (Wildman–Crippen MR) is 90.4 cm³/mol. The molecule has 0 atom stereocenters. The van der Waals surface area contributed by atoms with Crippen LogP contribution in [-0.4, -0.2) is 18.2 Å². The van der Waals surface area contributed by atoms with E-state index in [0.29, 0.717) is 4.68 Å². The van der Waals surface area contributed by atoms with Crippen molar-refractivity contribution in [3.8, 4) is 22.4 Å². The number of nitrogens with two attached hydrogens (primary N) is 1. The van der Waals surface area contributed by atoms with Gasteiger partial charge in [-0.2, -0.15) is 18.3 Å². The van der Waals surface area contributed by atoms with Crippen LogP contribution in [-0.2, 0) is 23.2 Å². The molecule has 142 valence electrons. The molecule has 0 radical (unpaired) electrons. The second kappa shape index (κ2) is 6.46. The zero-order valence-electron chi connectivity index (χ0n) is 13.8. The lowest BCUT2D eigenvalue weighted by molar-refractivity contribution is -0.143. The van der Waals surface area contributed by atoms with Gasteiger partial charge in [0.05, 0.1) is 4.90 Å². The summed E-state index contributed by atoms with van der Waals surface area (Å²) >= 11 is 0. The van der Waals surface area contributed by atoms with Crippen molar-refractivity contribution in [2.24, 2.45) is 12.2 Å². The number of rotatable bonds is 3. The van der Waals surface area contributed by atoms with Gasteiger partial charge in [-0.25, -0.2) is 17.9 Å². The number of aryl methyl sites for hydroxylation is 1. The van der Waals surface area contributed by atoms with Crippen LogP contribution in [0.2, 0.25) is 0 Å². The Morgan fingerprint density at radius 1 is 0.963 bits per heavy atom. The van der Waals surface area contributed by atoms with Gasteiger partial charge < -0.3 is 0 Å². The zero-order chi connectivity index (χ0) is 20.0. The van der Waals surface area contributed by atoms with Crippen molar-refractivity contribution in [3.63, 3.8) is 0 Å². The number of aromatic nitrogens is 2. The van der Waals surface area contributed by atoms with Crippen molar-refractivity contribution in [1.29, 1.82) is 0 Å². The molecule has 1 heterocycles. The number of benzene rings is 2. The van der Waals surface area contributed by atoms with Crippen molar-refractivity contribution in [2.75, 3.05) is 0 Å². The van der Waals surface area contributed by atoms with E-state index in [1.54, 1.807) is 0 Å². The third-order valence-electron chi connectivity index (χ3n) is 3.90. The molecular formula is C17H13F4N3O2S. The minimum Gasteiger partial charge on any atom is -0.262 e. The highest BCUT2D eigenvalue weighted by Crippen LogP contribution is 2.42. The second-order valence-electron chi connectivity index (χ2n) is 5.77. The fraction of sp³-hybridized carbons (Fsp3) is 0.118. The Bertz CT molecular complexity index is 1090. The summed E-state index contributed by atoms with van der Waals surface area (Å²) in [4.78, 5) is -0.179. The van der Waals surface area contributed by atoms with Crippen LogP contribution < -0.4 is 5.14 Å². The molecule has 0 bridgehead atoms. The summed E-state index contributed by atoms with van der Waals surface area (Å²) in [6.45, 7) is 0. The van der Waals surface area contributed by atoms with Crippen LogP contribution in [0.1, 0.15) is 5.69 Å². The molecule has 2 aromatic carbocycles. The molecule has 5 nitrogen and oxygen atoms in total. The molecule has 27 heavy (non-hydrogen) atoms. The first-order chi connectivity index (χ1) is 12.5. The average Bonchev–Trinajstić information content (AvgIpc) is 2.92. The molecule has 0 aliphatic rings. The summed E-state index contributed by atoms with van der Waals surface area (Å²) in [5, 5.41) is 8.99. The molecular weight excluding hydrogens is 386 g/mol. The van der Waals surface area contributed by atoms with E-state index in [9.17, 15) is 26.0 Å². The summed E-state index contributed by atoms with van der Waals surface area (Å²) in [5.74, 6) is -0.588. The first kappa shape index (κ1) is 19.1. The Morgan fingerprint density at radius 2 is 1.48 bits per heavy atom. The SMILES string of the molecule is Cn1nc(-c2ccc(S(N)(=O)=O)cc2)c(-c2ccc(F)cc2)c1C(F)(F)F. The maximum Gasteiger partial charge on any atom is 0.433 e. The molecule has 2 N–H and O–H groups in total. The number of nitrogens with zero attached hydrogens (tertiary/aromatic N) is 2. The average molecular weight is 399 g/mol. The van der Waals surface area contributed by atoms with Crippen LogP contribution in [0.4, 0.5) is 17.6 Å². The molecule has 0 aliphatic carbocycles. The van der Waals surface area contributed by atoms with Gasteiger partial charge in [0.25, 0.3) is 0 Å². The van der Waals surface area contributed by atoms with Crippen LogP contribution in [0.3, 0.4) is 0 Å². The van der Waals surface area contributed by atoms with Crippen LogP contribution in [0.5, 0.6) is 0 Å². The summed E-state index contributed by atoms with van der Waals surface area (Å²) in [6, 6.07) is 9.55. The van der Waals surface area contributed by atoms with Crippen molar-refractivity contribution in [2.45, 2.75) is 11.1 Å². The van der Waals surface area contributed by atoms with Gasteiger partial charge in [0.2, 0.25) is 10.0 Å². The van der Waals surface area contributed by atoms with Gasteiger partial charge >= 0.3 is 6.18 Å². The van der Waals surface area contributed by atoms with Crippen molar-refractivity contribution in [3.05, 3.63) is 60.0 Å². The van der Waals surface area contributed by atoms with Gasteiger partial charge in [0.1, 0.15) is 11.5 Å². The van der Waals surface area contributed by atoms with Crippen LogP contribution in [0.25, 0.3) is 22.4 Å². The van der Waals surface area contributed by atoms with Gasteiger partial charge in [-0.15, -0.1) is 0 Å². The third kappa shape index (κ3) is 3.71. The smallest absolute Gasteiger partial charge is 0.262 e. The summed E-state index contributed by atoms with van der Waals surface area (Å²) in [5.41, 5.74) is -0.861. The van der Waals surface area contributed by atoms with Gasteiger partial charge in [-0.05, 0) is 29.8 Å². The normalized spacial score (nSPS) is 12.4. The number of halogens is 4. The molecule has 0 saturated heterocycles. The largest absolute Gasteiger partial charge is 0.433 e. The molecule has 0 spiro atoms. The van der Waals surface area contributed by atoms with Gasteiger partial charge in [0.15, 0.2) is 5.69 Å². The van der Waals surface area contributed by atoms with Crippen molar-refractivity contribution < 1.29 is 26.0 Å². The Kier molecular flexibility index (Phi) is 4.56. The summed E-state index contributed by atoms with van der Waals surface area (Å²) < 4.78 is 77.4. The lowest BCUT2D eigenvalue weighted by Gasteiger charge is -2.11. The van der Waals surface area contributed by atoms with E-state index in [1.165, 1.54) is 36.4 Å². The molecule has 10 heteroatoms. The van der Waals surface area contributed by atoms with E-state index in [1.807, 2.05) is 0 Å². The zero-order valence-corrected chi connectivity index (χ0v) is 14.6. The first-order valence-corrected chi connectivity index (χ1v) is 9.06. The Labute approximate surface area is 152 Å². The number of alkyl halides is 3. The van der Waals surface area contributed by atoms with Crippen molar-refractivity contribution >= 4 is 10.0 Å². The predicted octanol–water partition coefficient (Wildman–Crippen LogP) is 3.56. The lowest BCUT2D eigenvalue weighted by atomic mass is 9.98. The monoisotopic (exact) mass is 399 g/mol. The molecule has 3 rings (SSSR count). The number of primary sulfonamides is 1. The maximum absolute atomic E-state index is 13.6. The molecule has 3 aromatic rings. The molecule has 0 saturated carbocycles. The standard InChI is InChI=1S/C17H13F4N3O2S/c1-24-16(17(19,20)21)14(10-2-6-12(18)7-3-10)15(23-24)11-4-8-13(9-5-11)27(22,25)26/h2-9H,1H3,(H2,22,25,26). The van der Waals surface area contributed by atoms with Gasteiger partial charge in [-0.1, -0.05) is 24.3 Å². The summed E-state index contributed by atoms with van der Waals surface area (Å²) in [7, 11) is -2.79. The Morgan fingerprint density at radius 3 is 1.96 bits per heavy atom. The second-order valence-corrected chi connectivity index (χ2v) is 7.33. The van der Waals surface area contributed by atoms with Gasteiger partial charge in [0, 0.05) is 18.2 Å². The molecule has 1 aromatic heterocycles. The van der Waals surface area contributed by atoms with Crippen LogP contribution >= 0.6 is 0 Å².